The van der Waals surface area contributed by atoms with E-state index < -0.39 is 58.1 Å². The molecule has 1 radical (unpaired) electrons. The Bertz CT molecular complexity index is 743. The van der Waals surface area contributed by atoms with Gasteiger partial charge in [-0.25, -0.2) is 0 Å². The molecule has 159 valence electrons. The van der Waals surface area contributed by atoms with E-state index in [-0.39, 0.29) is 30.7 Å². The molecule has 0 aliphatic heterocycles. The fourth-order valence-electron chi connectivity index (χ4n) is 2.57. The number of benzene rings is 2. The van der Waals surface area contributed by atoms with Gasteiger partial charge in [-0.2, -0.15) is 52.7 Å². The van der Waals surface area contributed by atoms with Gasteiger partial charge < -0.3 is 0 Å². The molecule has 0 N–H and O–H groups in total. The van der Waals surface area contributed by atoms with Gasteiger partial charge in [0.05, 0.1) is 22.3 Å². The van der Waals surface area contributed by atoms with Crippen LogP contribution in [0.2, 0.25) is 0 Å². The number of alkyl halides is 12. The first kappa shape index (κ1) is 22.9. The van der Waals surface area contributed by atoms with Gasteiger partial charge >= 0.3 is 24.7 Å². The molecule has 0 saturated heterocycles. The molecule has 0 heterocycles. The lowest BCUT2D eigenvalue weighted by atomic mass is 9.89. The van der Waals surface area contributed by atoms with Crippen molar-refractivity contribution < 1.29 is 52.7 Å². The van der Waals surface area contributed by atoms with E-state index in [1.165, 1.54) is 0 Å². The van der Waals surface area contributed by atoms with E-state index in [0.717, 1.165) is 0 Å². The molecule has 0 fully saturated rings. The van der Waals surface area contributed by atoms with E-state index in [9.17, 15) is 52.7 Å². The Morgan fingerprint density at radius 2 is 0.621 bits per heavy atom. The van der Waals surface area contributed by atoms with Crippen molar-refractivity contribution in [2.75, 3.05) is 0 Å². The lowest BCUT2D eigenvalue weighted by Crippen LogP contribution is -2.20. The molecule has 0 saturated carbocycles. The van der Waals surface area contributed by atoms with Gasteiger partial charge in [-0.1, -0.05) is 12.1 Å². The van der Waals surface area contributed by atoms with Crippen LogP contribution in [0, 0.1) is 6.42 Å². The fraction of sp³-hybridized carbons (Fsp3) is 0.235. The summed E-state index contributed by atoms with van der Waals surface area (Å²) >= 11 is 0. The largest absolute Gasteiger partial charge is 0.416 e. The van der Waals surface area contributed by atoms with E-state index in [2.05, 4.69) is 0 Å². The maximum Gasteiger partial charge on any atom is 0.416 e. The van der Waals surface area contributed by atoms with Crippen LogP contribution in [0.15, 0.2) is 36.4 Å². The lowest BCUT2D eigenvalue weighted by molar-refractivity contribution is -0.144. The average molecular weight is 439 g/mol. The van der Waals surface area contributed by atoms with E-state index in [1.807, 2.05) is 0 Å². The Morgan fingerprint density at radius 1 is 0.414 bits per heavy atom. The predicted octanol–water partition coefficient (Wildman–Crippen LogP) is 7.36. The molecule has 0 nitrogen and oxygen atoms in total. The first-order valence-corrected chi connectivity index (χ1v) is 7.33. The van der Waals surface area contributed by atoms with E-state index in [0.29, 0.717) is 12.1 Å². The molecule has 0 amide bonds. The zero-order valence-corrected chi connectivity index (χ0v) is 13.6. The minimum Gasteiger partial charge on any atom is -0.166 e. The molecule has 0 aliphatic carbocycles. The van der Waals surface area contributed by atoms with Crippen LogP contribution in [0.1, 0.15) is 33.4 Å². The van der Waals surface area contributed by atoms with Crippen molar-refractivity contribution in [3.05, 3.63) is 76.2 Å². The molecule has 0 aromatic heterocycles. The maximum atomic E-state index is 13.2. The highest BCUT2D eigenvalue weighted by Gasteiger charge is 2.44. The Hall–Kier alpha value is -2.40. The number of halogens is 12. The van der Waals surface area contributed by atoms with Crippen LogP contribution in [0.25, 0.3) is 0 Å². The van der Waals surface area contributed by atoms with Crippen LogP contribution in [0.4, 0.5) is 52.7 Å². The Balaban J connectivity index is 2.88. The summed E-state index contributed by atoms with van der Waals surface area (Å²) in [7, 11) is 0. The Kier molecular flexibility index (Phi) is 5.63. The summed E-state index contributed by atoms with van der Waals surface area (Å²) in [5.74, 6) is 0. The quantitative estimate of drug-likeness (QED) is 0.429. The molecular formula is C17H7F12. The summed E-state index contributed by atoms with van der Waals surface area (Å²) in [4.78, 5) is 0. The van der Waals surface area contributed by atoms with Gasteiger partial charge in [-0.3, -0.25) is 0 Å². The van der Waals surface area contributed by atoms with Crippen molar-refractivity contribution >= 4 is 0 Å². The SMILES string of the molecule is FC(F)(F)c1cccc(C(F)(F)F)c1[CH]c1c(C(F)(F)F)cccc1C(F)(F)F. The third kappa shape index (κ3) is 4.96. The van der Waals surface area contributed by atoms with E-state index in [1.54, 1.807) is 0 Å². The zero-order valence-electron chi connectivity index (χ0n) is 13.6. The highest BCUT2D eigenvalue weighted by atomic mass is 19.4. The highest BCUT2D eigenvalue weighted by molar-refractivity contribution is 5.55. The number of hydrogen-bond donors (Lipinski definition) is 0. The molecule has 2 rings (SSSR count). The van der Waals surface area contributed by atoms with E-state index in [4.69, 9.17) is 0 Å². The van der Waals surface area contributed by atoms with Gasteiger partial charge in [-0.05, 0) is 35.4 Å². The van der Waals surface area contributed by atoms with Crippen molar-refractivity contribution in [3.8, 4) is 0 Å². The van der Waals surface area contributed by atoms with Crippen molar-refractivity contribution in [2.45, 2.75) is 24.7 Å². The molecule has 0 atom stereocenters. The molecule has 2 aromatic carbocycles. The second kappa shape index (κ2) is 7.13. The summed E-state index contributed by atoms with van der Waals surface area (Å²) in [6, 6.07) is 1.22. The number of rotatable bonds is 2. The second-order valence-corrected chi connectivity index (χ2v) is 5.67. The summed E-state index contributed by atoms with van der Waals surface area (Å²) in [6.07, 6.45) is -22.3. The van der Waals surface area contributed by atoms with Gasteiger partial charge in [0.15, 0.2) is 0 Å². The molecule has 2 aromatic rings. The normalized spacial score (nSPS) is 13.7. The van der Waals surface area contributed by atoms with E-state index >= 15 is 0 Å². The van der Waals surface area contributed by atoms with Gasteiger partial charge in [0.1, 0.15) is 0 Å². The Labute approximate surface area is 154 Å². The third-order valence-corrected chi connectivity index (χ3v) is 3.72. The van der Waals surface area contributed by atoms with Gasteiger partial charge in [0.2, 0.25) is 0 Å². The van der Waals surface area contributed by atoms with Crippen molar-refractivity contribution in [2.24, 2.45) is 0 Å². The monoisotopic (exact) mass is 439 g/mol. The minimum atomic E-state index is -5.47. The lowest BCUT2D eigenvalue weighted by Gasteiger charge is -2.22. The smallest absolute Gasteiger partial charge is 0.166 e. The summed E-state index contributed by atoms with van der Waals surface area (Å²) < 4.78 is 158. The molecule has 12 heteroatoms. The van der Waals surface area contributed by atoms with Crippen molar-refractivity contribution in [3.63, 3.8) is 0 Å². The van der Waals surface area contributed by atoms with Crippen LogP contribution in [0.5, 0.6) is 0 Å². The first-order valence-electron chi connectivity index (χ1n) is 7.33. The topological polar surface area (TPSA) is 0 Å². The average Bonchev–Trinajstić information content (AvgIpc) is 2.51. The predicted molar refractivity (Wildman–Crippen MR) is 75.4 cm³/mol. The molecule has 0 aliphatic rings. The Morgan fingerprint density at radius 3 is 0.793 bits per heavy atom. The van der Waals surface area contributed by atoms with Crippen LogP contribution >= 0.6 is 0 Å². The summed E-state index contributed by atoms with van der Waals surface area (Å²) in [6.45, 7) is 0. The van der Waals surface area contributed by atoms with Crippen LogP contribution in [0.3, 0.4) is 0 Å². The standard InChI is InChI=1S/C17H7F12/c18-14(19,20)10-3-1-4-11(15(21,22)23)8(10)7-9-12(16(24,25)26)5-2-6-13(9)17(27,28)29/h1-7H. The van der Waals surface area contributed by atoms with Gasteiger partial charge in [0.25, 0.3) is 0 Å². The van der Waals surface area contributed by atoms with Crippen LogP contribution in [-0.2, 0) is 24.7 Å². The molecule has 0 unspecified atom stereocenters. The van der Waals surface area contributed by atoms with Gasteiger partial charge in [-0.15, -0.1) is 0 Å². The van der Waals surface area contributed by atoms with Crippen molar-refractivity contribution in [1.29, 1.82) is 0 Å². The molecule has 29 heavy (non-hydrogen) atoms. The third-order valence-electron chi connectivity index (χ3n) is 3.72. The van der Waals surface area contributed by atoms with Gasteiger partial charge in [0, 0.05) is 6.42 Å². The number of hydrogen-bond acceptors (Lipinski definition) is 0. The van der Waals surface area contributed by atoms with Crippen LogP contribution < -0.4 is 0 Å². The summed E-state index contributed by atoms with van der Waals surface area (Å²) in [5.41, 5.74) is -11.8. The first-order chi connectivity index (χ1) is 12.9. The molecule has 0 bridgehead atoms. The van der Waals surface area contributed by atoms with Crippen molar-refractivity contribution in [1.82, 2.24) is 0 Å². The molecular weight excluding hydrogens is 432 g/mol. The zero-order chi connectivity index (χ0) is 22.4. The molecule has 0 spiro atoms. The highest BCUT2D eigenvalue weighted by Crippen LogP contribution is 2.45. The second-order valence-electron chi connectivity index (χ2n) is 5.67. The minimum absolute atomic E-state index is 0.130. The maximum absolute atomic E-state index is 13.2. The van der Waals surface area contributed by atoms with Crippen LogP contribution in [-0.4, -0.2) is 0 Å². The fourth-order valence-corrected chi connectivity index (χ4v) is 2.57. The summed E-state index contributed by atoms with van der Waals surface area (Å²) in [5, 5.41) is 0.